The number of benzene rings is 2. The molecule has 0 heterocycles. The van der Waals surface area contributed by atoms with Crippen molar-refractivity contribution in [1.29, 1.82) is 5.26 Å². The van der Waals surface area contributed by atoms with E-state index in [2.05, 4.69) is 5.32 Å². The molecule has 2 atom stereocenters. The fraction of sp³-hybridized carbons (Fsp3) is 0.250. The van der Waals surface area contributed by atoms with Gasteiger partial charge in [0, 0.05) is 5.69 Å². The number of aryl methyl sites for hydroxylation is 1. The van der Waals surface area contributed by atoms with Crippen LogP contribution in [0.25, 0.3) is 0 Å². The Morgan fingerprint density at radius 2 is 1.77 bits per heavy atom. The third-order valence-corrected chi connectivity index (χ3v) is 3.58. The quantitative estimate of drug-likeness (QED) is 0.807. The Morgan fingerprint density at radius 3 is 2.38 bits per heavy atom. The first kappa shape index (κ1) is 19.0. The van der Waals surface area contributed by atoms with Crippen LogP contribution in [0.4, 0.5) is 5.69 Å². The van der Waals surface area contributed by atoms with Crippen LogP contribution in [0.2, 0.25) is 0 Å². The summed E-state index contributed by atoms with van der Waals surface area (Å²) in [5.41, 5.74) is 2.14. The Hall–Kier alpha value is -3.33. The van der Waals surface area contributed by atoms with Crippen LogP contribution in [0, 0.1) is 18.3 Å². The summed E-state index contributed by atoms with van der Waals surface area (Å²) < 4.78 is 10.6. The summed E-state index contributed by atoms with van der Waals surface area (Å²) >= 11 is 0. The molecule has 0 saturated heterocycles. The fourth-order valence-corrected chi connectivity index (χ4v) is 2.15. The Kier molecular flexibility index (Phi) is 6.34. The number of hydrogen-bond donors (Lipinski definition) is 1. The molecule has 0 radical (unpaired) electrons. The Morgan fingerprint density at radius 1 is 1.08 bits per heavy atom. The van der Waals surface area contributed by atoms with Crippen molar-refractivity contribution in [3.05, 3.63) is 59.7 Å². The molecular weight excluding hydrogens is 332 g/mol. The van der Waals surface area contributed by atoms with Crippen molar-refractivity contribution in [1.82, 2.24) is 0 Å². The van der Waals surface area contributed by atoms with Crippen LogP contribution in [-0.4, -0.2) is 24.1 Å². The fourth-order valence-electron chi connectivity index (χ4n) is 2.15. The molecule has 1 N–H and O–H groups in total. The van der Waals surface area contributed by atoms with Crippen molar-refractivity contribution in [2.45, 2.75) is 33.0 Å². The number of carbonyl (C=O) groups excluding carboxylic acids is 2. The highest BCUT2D eigenvalue weighted by Gasteiger charge is 2.23. The summed E-state index contributed by atoms with van der Waals surface area (Å²) in [5.74, 6) is -0.638. The second-order valence-electron chi connectivity index (χ2n) is 5.83. The Balaban J connectivity index is 1.88. The van der Waals surface area contributed by atoms with Crippen molar-refractivity contribution in [2.75, 3.05) is 5.32 Å². The van der Waals surface area contributed by atoms with E-state index >= 15 is 0 Å². The number of anilines is 1. The predicted molar refractivity (Wildman–Crippen MR) is 96.6 cm³/mol. The molecule has 6 heteroatoms. The lowest BCUT2D eigenvalue weighted by Gasteiger charge is -2.18. The maximum absolute atomic E-state index is 12.2. The van der Waals surface area contributed by atoms with Gasteiger partial charge in [-0.25, -0.2) is 4.79 Å². The number of nitriles is 1. The molecule has 134 valence electrons. The molecule has 0 aliphatic rings. The SMILES string of the molecule is Cc1cccc(NC(=O)[C@@H](C)OC(=O)[C@H](C)Oc2ccc(C#N)cc2)c1. The monoisotopic (exact) mass is 352 g/mol. The molecule has 0 fully saturated rings. The summed E-state index contributed by atoms with van der Waals surface area (Å²) in [6, 6.07) is 15.7. The third kappa shape index (κ3) is 5.35. The smallest absolute Gasteiger partial charge is 0.347 e. The minimum absolute atomic E-state index is 0.422. The predicted octanol–water partition coefficient (Wildman–Crippen LogP) is 3.20. The molecule has 0 bridgehead atoms. The van der Waals surface area contributed by atoms with Gasteiger partial charge in [-0.1, -0.05) is 12.1 Å². The van der Waals surface area contributed by atoms with E-state index in [1.165, 1.54) is 13.8 Å². The van der Waals surface area contributed by atoms with Gasteiger partial charge in [0.25, 0.3) is 5.91 Å². The lowest BCUT2D eigenvalue weighted by atomic mass is 10.2. The number of esters is 1. The molecule has 2 aromatic rings. The van der Waals surface area contributed by atoms with Gasteiger partial charge in [-0.15, -0.1) is 0 Å². The highest BCUT2D eigenvalue weighted by molar-refractivity contribution is 5.95. The van der Waals surface area contributed by atoms with Gasteiger partial charge in [0.05, 0.1) is 11.6 Å². The number of hydrogen-bond acceptors (Lipinski definition) is 5. The van der Waals surface area contributed by atoms with Gasteiger partial charge in [0.15, 0.2) is 12.2 Å². The molecule has 2 aromatic carbocycles. The van der Waals surface area contributed by atoms with Crippen LogP contribution in [0.5, 0.6) is 5.75 Å². The van der Waals surface area contributed by atoms with Crippen LogP contribution < -0.4 is 10.1 Å². The van der Waals surface area contributed by atoms with Crippen molar-refractivity contribution >= 4 is 17.6 Å². The normalized spacial score (nSPS) is 12.4. The van der Waals surface area contributed by atoms with Gasteiger partial charge in [0.2, 0.25) is 0 Å². The number of nitrogens with zero attached hydrogens (tertiary/aromatic N) is 1. The number of amides is 1. The summed E-state index contributed by atoms with van der Waals surface area (Å²) in [7, 11) is 0. The minimum Gasteiger partial charge on any atom is -0.479 e. The number of rotatable bonds is 6. The molecule has 0 spiro atoms. The third-order valence-electron chi connectivity index (χ3n) is 3.58. The highest BCUT2D eigenvalue weighted by Crippen LogP contribution is 2.15. The van der Waals surface area contributed by atoms with Gasteiger partial charge in [-0.05, 0) is 62.7 Å². The van der Waals surface area contributed by atoms with Crippen LogP contribution in [-0.2, 0) is 14.3 Å². The van der Waals surface area contributed by atoms with Crippen LogP contribution >= 0.6 is 0 Å². The van der Waals surface area contributed by atoms with Crippen LogP contribution in [0.1, 0.15) is 25.0 Å². The molecule has 2 rings (SSSR count). The van der Waals surface area contributed by atoms with E-state index in [4.69, 9.17) is 14.7 Å². The zero-order valence-electron chi connectivity index (χ0n) is 14.9. The first-order chi connectivity index (χ1) is 12.4. The number of carbonyl (C=O) groups is 2. The first-order valence-electron chi connectivity index (χ1n) is 8.14. The minimum atomic E-state index is -0.963. The van der Waals surface area contributed by atoms with E-state index in [1.807, 2.05) is 31.2 Å². The van der Waals surface area contributed by atoms with E-state index in [0.29, 0.717) is 17.0 Å². The standard InChI is InChI=1S/C20H20N2O4/c1-13-5-4-6-17(11-13)22-19(23)14(2)26-20(24)15(3)25-18-9-7-16(12-21)8-10-18/h4-11,14-15H,1-3H3,(H,22,23)/t14-,15+/m1/s1. The summed E-state index contributed by atoms with van der Waals surface area (Å²) in [5, 5.41) is 11.5. The van der Waals surface area contributed by atoms with Crippen molar-refractivity contribution in [3.8, 4) is 11.8 Å². The van der Waals surface area contributed by atoms with E-state index in [9.17, 15) is 9.59 Å². The van der Waals surface area contributed by atoms with Crippen molar-refractivity contribution < 1.29 is 19.1 Å². The van der Waals surface area contributed by atoms with E-state index in [1.54, 1.807) is 30.3 Å². The largest absolute Gasteiger partial charge is 0.479 e. The zero-order chi connectivity index (χ0) is 19.1. The zero-order valence-corrected chi connectivity index (χ0v) is 14.9. The molecule has 0 aliphatic heterocycles. The van der Waals surface area contributed by atoms with Crippen molar-refractivity contribution in [3.63, 3.8) is 0 Å². The van der Waals surface area contributed by atoms with Gasteiger partial charge in [-0.3, -0.25) is 4.79 Å². The molecule has 0 unspecified atom stereocenters. The molecule has 1 amide bonds. The lowest BCUT2D eigenvalue weighted by molar-refractivity contribution is -0.159. The summed E-state index contributed by atoms with van der Waals surface area (Å²) in [4.78, 5) is 24.3. The van der Waals surface area contributed by atoms with Gasteiger partial charge < -0.3 is 14.8 Å². The Bertz CT molecular complexity index is 824. The van der Waals surface area contributed by atoms with Gasteiger partial charge in [-0.2, -0.15) is 5.26 Å². The average molecular weight is 352 g/mol. The van der Waals surface area contributed by atoms with E-state index in [0.717, 1.165) is 5.56 Å². The van der Waals surface area contributed by atoms with Crippen LogP contribution in [0.3, 0.4) is 0 Å². The second kappa shape index (κ2) is 8.67. The number of nitrogens with one attached hydrogen (secondary N) is 1. The topological polar surface area (TPSA) is 88.4 Å². The maximum Gasteiger partial charge on any atom is 0.347 e. The maximum atomic E-state index is 12.2. The molecule has 26 heavy (non-hydrogen) atoms. The first-order valence-corrected chi connectivity index (χ1v) is 8.14. The van der Waals surface area contributed by atoms with E-state index < -0.39 is 24.1 Å². The average Bonchev–Trinajstić information content (AvgIpc) is 2.62. The lowest BCUT2D eigenvalue weighted by Crippen LogP contribution is -2.35. The van der Waals surface area contributed by atoms with E-state index in [-0.39, 0.29) is 0 Å². The van der Waals surface area contributed by atoms with Gasteiger partial charge in [0.1, 0.15) is 5.75 Å². The van der Waals surface area contributed by atoms with Gasteiger partial charge >= 0.3 is 5.97 Å². The van der Waals surface area contributed by atoms with Crippen LogP contribution in [0.15, 0.2) is 48.5 Å². The van der Waals surface area contributed by atoms with Crippen molar-refractivity contribution in [2.24, 2.45) is 0 Å². The number of ether oxygens (including phenoxy) is 2. The molecular formula is C20H20N2O4. The molecule has 0 aromatic heterocycles. The summed E-state index contributed by atoms with van der Waals surface area (Å²) in [6.07, 6.45) is -1.85. The highest BCUT2D eigenvalue weighted by atomic mass is 16.6. The summed E-state index contributed by atoms with van der Waals surface area (Å²) in [6.45, 7) is 4.95. The second-order valence-corrected chi connectivity index (χ2v) is 5.83. The molecule has 0 aliphatic carbocycles. The Labute approximate surface area is 152 Å². The molecule has 6 nitrogen and oxygen atoms in total. The molecule has 0 saturated carbocycles.